The van der Waals surface area contributed by atoms with Gasteiger partial charge in [-0.2, -0.15) is 0 Å². The molecule has 3 aromatic rings. The van der Waals surface area contributed by atoms with Gasteiger partial charge in [0, 0.05) is 32.6 Å². The number of aromatic nitrogens is 1. The Hall–Kier alpha value is -2.53. The number of anilines is 1. The molecule has 0 bridgehead atoms. The highest BCUT2D eigenvalue weighted by atomic mass is 32.2. The van der Waals surface area contributed by atoms with Crippen LogP contribution in [0, 0.1) is 13.8 Å². The number of thiazole rings is 1. The van der Waals surface area contributed by atoms with Crippen LogP contribution in [0.3, 0.4) is 0 Å². The Kier molecular flexibility index (Phi) is 8.61. The summed E-state index contributed by atoms with van der Waals surface area (Å²) in [7, 11) is -2.08. The molecule has 0 unspecified atom stereocenters. The lowest BCUT2D eigenvalue weighted by atomic mass is 10.1. The number of aryl methyl sites for hydroxylation is 2. The summed E-state index contributed by atoms with van der Waals surface area (Å²) >= 11 is 1.49. The Morgan fingerprint density at radius 2 is 1.89 bits per heavy atom. The second-order valence-corrected chi connectivity index (χ2v) is 12.1. The van der Waals surface area contributed by atoms with E-state index in [9.17, 15) is 13.2 Å². The number of carbonyl (C=O) groups is 1. The first-order chi connectivity index (χ1) is 17.3. The van der Waals surface area contributed by atoms with Crippen LogP contribution in [0.1, 0.15) is 24.0 Å². The molecule has 0 radical (unpaired) electrons. The summed E-state index contributed by atoms with van der Waals surface area (Å²) in [6.07, 6.45) is 0.657. The van der Waals surface area contributed by atoms with E-state index in [1.54, 1.807) is 17.0 Å². The van der Waals surface area contributed by atoms with E-state index >= 15 is 0 Å². The summed E-state index contributed by atoms with van der Waals surface area (Å²) in [6.45, 7) is 8.62. The summed E-state index contributed by atoms with van der Waals surface area (Å²) in [6, 6.07) is 10.4. The van der Waals surface area contributed by atoms with E-state index in [4.69, 9.17) is 14.5 Å². The van der Waals surface area contributed by atoms with Crippen LogP contribution in [0.15, 0.2) is 41.3 Å². The Morgan fingerprint density at radius 1 is 1.17 bits per heavy atom. The van der Waals surface area contributed by atoms with E-state index in [1.165, 1.54) is 30.6 Å². The first-order valence-corrected chi connectivity index (χ1v) is 14.6. The summed E-state index contributed by atoms with van der Waals surface area (Å²) in [5, 5.41) is 0.618. The highest BCUT2D eigenvalue weighted by Crippen LogP contribution is 2.32. The number of benzene rings is 2. The molecule has 0 saturated carbocycles. The van der Waals surface area contributed by atoms with E-state index < -0.39 is 9.84 Å². The predicted octanol–water partition coefficient (Wildman–Crippen LogP) is 3.84. The molecule has 0 aliphatic carbocycles. The third-order valence-electron chi connectivity index (χ3n) is 6.30. The largest absolute Gasteiger partial charge is 0.497 e. The van der Waals surface area contributed by atoms with E-state index in [-0.39, 0.29) is 23.0 Å². The molecule has 1 saturated heterocycles. The molecule has 2 aromatic carbocycles. The quantitative estimate of drug-likeness (QED) is 0.393. The molecule has 1 fully saturated rings. The lowest BCUT2D eigenvalue weighted by Gasteiger charge is -2.27. The Labute approximate surface area is 216 Å². The third kappa shape index (κ3) is 6.42. The minimum atomic E-state index is -3.61. The summed E-state index contributed by atoms with van der Waals surface area (Å²) in [4.78, 5) is 22.4. The zero-order chi connectivity index (χ0) is 25.7. The molecule has 0 N–H and O–H groups in total. The van der Waals surface area contributed by atoms with E-state index in [0.717, 1.165) is 60.6 Å². The van der Waals surface area contributed by atoms with E-state index in [1.807, 2.05) is 19.9 Å². The van der Waals surface area contributed by atoms with Gasteiger partial charge >= 0.3 is 0 Å². The second-order valence-electron chi connectivity index (χ2n) is 9.02. The minimum absolute atomic E-state index is 0.111. The molecule has 36 heavy (non-hydrogen) atoms. The molecular formula is C26H33N3O5S2. The number of methoxy groups -OCH3 is 1. The molecule has 0 spiro atoms. The van der Waals surface area contributed by atoms with Crippen molar-refractivity contribution < 1.29 is 22.7 Å². The first-order valence-electron chi connectivity index (χ1n) is 12.1. The van der Waals surface area contributed by atoms with Crippen LogP contribution in [0.5, 0.6) is 5.75 Å². The van der Waals surface area contributed by atoms with Crippen molar-refractivity contribution in [1.82, 2.24) is 9.88 Å². The molecular weight excluding hydrogens is 498 g/mol. The number of hydrogen-bond acceptors (Lipinski definition) is 8. The van der Waals surface area contributed by atoms with Crippen molar-refractivity contribution in [2.24, 2.45) is 0 Å². The fraction of sp³-hybridized carbons (Fsp3) is 0.462. The van der Waals surface area contributed by atoms with Gasteiger partial charge in [0.25, 0.3) is 0 Å². The number of morpholine rings is 1. The monoisotopic (exact) mass is 531 g/mol. The van der Waals surface area contributed by atoms with Crippen molar-refractivity contribution in [3.8, 4) is 5.75 Å². The van der Waals surface area contributed by atoms with Crippen molar-refractivity contribution in [2.45, 2.75) is 31.6 Å². The van der Waals surface area contributed by atoms with Gasteiger partial charge in [0.15, 0.2) is 15.0 Å². The Morgan fingerprint density at radius 3 is 2.58 bits per heavy atom. The molecule has 194 valence electrons. The summed E-state index contributed by atoms with van der Waals surface area (Å²) < 4.78 is 37.4. The van der Waals surface area contributed by atoms with E-state index in [0.29, 0.717) is 17.4 Å². The molecule has 1 aliphatic rings. The van der Waals surface area contributed by atoms with Crippen LogP contribution in [0.4, 0.5) is 5.13 Å². The standard InChI is InChI=1S/C26H33N3O5S2/c1-19-17-20(2)25-23(18-19)27-26(35-25)29(11-4-10-28-12-14-34-15-13-28)24(30)9-16-36(31,32)22-7-5-21(33-3)6-8-22/h5-8,17-18H,4,9-16H2,1-3H3. The fourth-order valence-electron chi connectivity index (χ4n) is 4.34. The van der Waals surface area contributed by atoms with Crippen molar-refractivity contribution in [2.75, 3.05) is 57.2 Å². The van der Waals surface area contributed by atoms with Crippen molar-refractivity contribution >= 4 is 42.4 Å². The van der Waals surface area contributed by atoms with Gasteiger partial charge in [-0.15, -0.1) is 0 Å². The molecule has 1 amide bonds. The van der Waals surface area contributed by atoms with Gasteiger partial charge in [-0.25, -0.2) is 13.4 Å². The fourth-order valence-corrected chi connectivity index (χ4v) is 6.63. The van der Waals surface area contributed by atoms with Crippen LogP contribution in [0.2, 0.25) is 0 Å². The van der Waals surface area contributed by atoms with Gasteiger partial charge in [-0.1, -0.05) is 17.4 Å². The Balaban J connectivity index is 1.50. The highest BCUT2D eigenvalue weighted by Gasteiger charge is 2.24. The highest BCUT2D eigenvalue weighted by molar-refractivity contribution is 7.91. The van der Waals surface area contributed by atoms with Gasteiger partial charge in [0.1, 0.15) is 5.75 Å². The number of hydrogen-bond donors (Lipinski definition) is 0. The zero-order valence-corrected chi connectivity index (χ0v) is 22.7. The summed E-state index contributed by atoms with van der Waals surface area (Å²) in [5.74, 6) is 0.0848. The van der Waals surface area contributed by atoms with Gasteiger partial charge < -0.3 is 9.47 Å². The molecule has 10 heteroatoms. The molecule has 1 aromatic heterocycles. The minimum Gasteiger partial charge on any atom is -0.497 e. The molecule has 1 aliphatic heterocycles. The van der Waals surface area contributed by atoms with Gasteiger partial charge in [0.05, 0.1) is 41.2 Å². The second kappa shape index (κ2) is 11.7. The molecule has 4 rings (SSSR count). The van der Waals surface area contributed by atoms with Crippen molar-refractivity contribution in [1.29, 1.82) is 0 Å². The zero-order valence-electron chi connectivity index (χ0n) is 21.0. The van der Waals surface area contributed by atoms with Gasteiger partial charge in [-0.05, 0) is 61.7 Å². The van der Waals surface area contributed by atoms with Crippen LogP contribution < -0.4 is 9.64 Å². The maximum Gasteiger partial charge on any atom is 0.229 e. The number of fused-ring (bicyclic) bond motifs is 1. The lowest BCUT2D eigenvalue weighted by molar-refractivity contribution is -0.118. The maximum absolute atomic E-state index is 13.4. The third-order valence-corrected chi connectivity index (χ3v) is 9.27. The van der Waals surface area contributed by atoms with Crippen LogP contribution in [-0.4, -0.2) is 76.5 Å². The van der Waals surface area contributed by atoms with Crippen molar-refractivity contribution in [3.63, 3.8) is 0 Å². The van der Waals surface area contributed by atoms with Gasteiger partial charge in [-0.3, -0.25) is 14.6 Å². The first kappa shape index (κ1) is 26.5. The topological polar surface area (TPSA) is 89.0 Å². The number of nitrogens with zero attached hydrogens (tertiary/aromatic N) is 3. The smallest absolute Gasteiger partial charge is 0.229 e. The molecule has 2 heterocycles. The number of rotatable bonds is 10. The average Bonchev–Trinajstić information content (AvgIpc) is 3.30. The van der Waals surface area contributed by atoms with Crippen LogP contribution >= 0.6 is 11.3 Å². The van der Waals surface area contributed by atoms with Crippen LogP contribution in [0.25, 0.3) is 10.2 Å². The maximum atomic E-state index is 13.4. The number of amides is 1. The molecule has 0 atom stereocenters. The van der Waals surface area contributed by atoms with Crippen LogP contribution in [-0.2, 0) is 19.4 Å². The molecule has 8 nitrogen and oxygen atoms in total. The van der Waals surface area contributed by atoms with E-state index in [2.05, 4.69) is 11.0 Å². The Bertz CT molecular complexity index is 1300. The summed E-state index contributed by atoms with van der Waals surface area (Å²) in [5.41, 5.74) is 3.11. The van der Waals surface area contributed by atoms with Crippen molar-refractivity contribution in [3.05, 3.63) is 47.5 Å². The lowest BCUT2D eigenvalue weighted by Crippen LogP contribution is -2.39. The average molecular weight is 532 g/mol. The number of carbonyl (C=O) groups excluding carboxylic acids is 1. The normalized spacial score (nSPS) is 14.8. The van der Waals surface area contributed by atoms with Gasteiger partial charge in [0.2, 0.25) is 5.91 Å². The number of ether oxygens (including phenoxy) is 2. The number of sulfone groups is 1. The SMILES string of the molecule is COc1ccc(S(=O)(=O)CCC(=O)N(CCCN2CCOCC2)c2nc3cc(C)cc(C)c3s2)cc1. The predicted molar refractivity (Wildman–Crippen MR) is 143 cm³/mol.